The zero-order valence-corrected chi connectivity index (χ0v) is 12.6. The van der Waals surface area contributed by atoms with Gasteiger partial charge in [-0.15, -0.1) is 0 Å². The van der Waals surface area contributed by atoms with Crippen molar-refractivity contribution in [1.82, 2.24) is 5.32 Å². The van der Waals surface area contributed by atoms with Crippen LogP contribution in [0.1, 0.15) is 40.0 Å². The summed E-state index contributed by atoms with van der Waals surface area (Å²) in [7, 11) is 0. The summed E-state index contributed by atoms with van der Waals surface area (Å²) in [6.07, 6.45) is 1.86. The molecule has 0 bridgehead atoms. The van der Waals surface area contributed by atoms with E-state index in [4.69, 9.17) is 4.74 Å². The minimum atomic E-state index is -0.996. The summed E-state index contributed by atoms with van der Waals surface area (Å²) in [5, 5.41) is 11.6. The number of amides is 1. The van der Waals surface area contributed by atoms with E-state index >= 15 is 0 Å². The Balaban J connectivity index is 2.48. The van der Waals surface area contributed by atoms with Gasteiger partial charge in [-0.25, -0.2) is 9.59 Å². The van der Waals surface area contributed by atoms with Crippen LogP contribution in [0.25, 0.3) is 0 Å². The fourth-order valence-corrected chi connectivity index (χ4v) is 3.19. The molecule has 5 nitrogen and oxygen atoms in total. The highest BCUT2D eigenvalue weighted by molar-refractivity contribution is 7.99. The van der Waals surface area contributed by atoms with Crippen molar-refractivity contribution in [1.29, 1.82) is 0 Å². The van der Waals surface area contributed by atoms with Crippen LogP contribution >= 0.6 is 11.8 Å². The quantitative estimate of drug-likeness (QED) is 0.831. The Hall–Kier alpha value is -0.910. The summed E-state index contributed by atoms with van der Waals surface area (Å²) < 4.78 is 5.09. The number of carboxylic acid groups (broad SMARTS) is 1. The molecule has 6 heteroatoms. The largest absolute Gasteiger partial charge is 0.480 e. The molecule has 1 fully saturated rings. The van der Waals surface area contributed by atoms with E-state index in [9.17, 15) is 14.7 Å². The summed E-state index contributed by atoms with van der Waals surface area (Å²) in [4.78, 5) is 22.8. The molecule has 0 spiro atoms. The maximum absolute atomic E-state index is 11.6. The van der Waals surface area contributed by atoms with Crippen LogP contribution in [0.4, 0.5) is 4.79 Å². The minimum absolute atomic E-state index is 0.372. The van der Waals surface area contributed by atoms with Crippen molar-refractivity contribution in [3.63, 3.8) is 0 Å². The fraction of sp³-hybridized carbons (Fsp3) is 0.846. The second kappa shape index (κ2) is 7.03. The summed E-state index contributed by atoms with van der Waals surface area (Å²) >= 11 is 1.90. The van der Waals surface area contributed by atoms with Crippen LogP contribution in [0.15, 0.2) is 0 Å². The molecule has 1 atom stereocenters. The van der Waals surface area contributed by atoms with Crippen LogP contribution in [0.3, 0.4) is 0 Å². The van der Waals surface area contributed by atoms with E-state index in [0.717, 1.165) is 24.3 Å². The number of carboxylic acids is 1. The highest BCUT2D eigenvalue weighted by Crippen LogP contribution is 2.26. The smallest absolute Gasteiger partial charge is 0.408 e. The van der Waals surface area contributed by atoms with Crippen molar-refractivity contribution >= 4 is 23.8 Å². The van der Waals surface area contributed by atoms with Crippen LogP contribution in [-0.2, 0) is 9.53 Å². The molecule has 110 valence electrons. The predicted molar refractivity (Wildman–Crippen MR) is 75.5 cm³/mol. The van der Waals surface area contributed by atoms with Gasteiger partial charge in [0.15, 0.2) is 0 Å². The zero-order chi connectivity index (χ0) is 14.5. The van der Waals surface area contributed by atoms with Crippen LogP contribution in [0.2, 0.25) is 0 Å². The molecular weight excluding hydrogens is 266 g/mol. The number of hydrogen-bond donors (Lipinski definition) is 2. The van der Waals surface area contributed by atoms with E-state index in [1.165, 1.54) is 0 Å². The first-order valence-corrected chi connectivity index (χ1v) is 7.73. The van der Waals surface area contributed by atoms with Gasteiger partial charge in [0.25, 0.3) is 0 Å². The standard InChI is InChI=1S/C13H23NO4S/c1-13(2,3)18-12(17)14-10(11(15)16)8-9-4-6-19-7-5-9/h9-10H,4-8H2,1-3H3,(H,14,17)(H,15,16). The molecule has 0 aromatic carbocycles. The number of thioether (sulfide) groups is 1. The topological polar surface area (TPSA) is 75.6 Å². The minimum Gasteiger partial charge on any atom is -0.480 e. The number of rotatable bonds is 4. The number of nitrogens with one attached hydrogen (secondary N) is 1. The van der Waals surface area contributed by atoms with Gasteiger partial charge in [0.2, 0.25) is 0 Å². The maximum atomic E-state index is 11.6. The highest BCUT2D eigenvalue weighted by atomic mass is 32.2. The van der Waals surface area contributed by atoms with E-state index < -0.39 is 23.7 Å². The molecule has 0 aliphatic carbocycles. The Morgan fingerprint density at radius 1 is 1.37 bits per heavy atom. The molecule has 1 amide bonds. The van der Waals surface area contributed by atoms with Gasteiger partial charge >= 0.3 is 12.1 Å². The molecule has 19 heavy (non-hydrogen) atoms. The van der Waals surface area contributed by atoms with Crippen molar-refractivity contribution in [2.24, 2.45) is 5.92 Å². The summed E-state index contributed by atoms with van der Waals surface area (Å²) in [6.45, 7) is 5.25. The molecule has 1 unspecified atom stereocenters. The molecule has 1 saturated heterocycles. The molecular formula is C13H23NO4S. The van der Waals surface area contributed by atoms with Crippen molar-refractivity contribution in [2.45, 2.75) is 51.7 Å². The van der Waals surface area contributed by atoms with Gasteiger partial charge in [0, 0.05) is 0 Å². The molecule has 1 rings (SSSR count). The number of alkyl carbamates (subject to hydrolysis) is 1. The van der Waals surface area contributed by atoms with E-state index in [-0.39, 0.29) is 0 Å². The Morgan fingerprint density at radius 3 is 2.42 bits per heavy atom. The van der Waals surface area contributed by atoms with E-state index in [1.807, 2.05) is 11.8 Å². The Kier molecular flexibility index (Phi) is 5.97. The lowest BCUT2D eigenvalue weighted by Gasteiger charge is -2.26. The molecule has 2 N–H and O–H groups in total. The van der Waals surface area contributed by atoms with Crippen LogP contribution < -0.4 is 5.32 Å². The predicted octanol–water partition coefficient (Wildman–Crippen LogP) is 2.50. The van der Waals surface area contributed by atoms with Crippen LogP contribution in [0.5, 0.6) is 0 Å². The van der Waals surface area contributed by atoms with Crippen molar-refractivity contribution in [3.8, 4) is 0 Å². The number of ether oxygens (including phenoxy) is 1. The average molecular weight is 289 g/mol. The van der Waals surface area contributed by atoms with Gasteiger partial charge in [0.1, 0.15) is 11.6 Å². The van der Waals surface area contributed by atoms with E-state index in [0.29, 0.717) is 12.3 Å². The Labute approximate surface area is 118 Å². The van der Waals surface area contributed by atoms with Gasteiger partial charge in [0.05, 0.1) is 0 Å². The fourth-order valence-electron chi connectivity index (χ4n) is 1.99. The maximum Gasteiger partial charge on any atom is 0.408 e. The van der Waals surface area contributed by atoms with Crippen molar-refractivity contribution < 1.29 is 19.4 Å². The van der Waals surface area contributed by atoms with Gasteiger partial charge in [-0.3, -0.25) is 0 Å². The third kappa shape index (κ3) is 6.71. The van der Waals surface area contributed by atoms with Gasteiger partial charge in [-0.05, 0) is 57.5 Å². The number of aliphatic carboxylic acids is 1. The van der Waals surface area contributed by atoms with Gasteiger partial charge < -0.3 is 15.2 Å². The molecule has 1 aliphatic heterocycles. The highest BCUT2D eigenvalue weighted by Gasteiger charge is 2.27. The first kappa shape index (κ1) is 16.1. The van der Waals surface area contributed by atoms with Crippen LogP contribution in [-0.4, -0.2) is 40.3 Å². The molecule has 0 radical (unpaired) electrons. The van der Waals surface area contributed by atoms with Crippen molar-refractivity contribution in [2.75, 3.05) is 11.5 Å². The molecule has 0 aromatic rings. The summed E-state index contributed by atoms with van der Waals surface area (Å²) in [5.41, 5.74) is -0.616. The van der Waals surface area contributed by atoms with Crippen molar-refractivity contribution in [3.05, 3.63) is 0 Å². The first-order chi connectivity index (χ1) is 8.78. The average Bonchev–Trinajstić information content (AvgIpc) is 2.26. The second-order valence-corrected chi connectivity index (χ2v) is 7.05. The summed E-state index contributed by atoms with van der Waals surface area (Å²) in [6, 6.07) is -0.858. The SMILES string of the molecule is CC(C)(C)OC(=O)NC(CC1CCSCC1)C(=O)O. The molecule has 1 aliphatic rings. The third-order valence-corrected chi connectivity index (χ3v) is 3.95. The normalized spacial score (nSPS) is 18.7. The van der Waals surface area contributed by atoms with E-state index in [2.05, 4.69) is 5.32 Å². The van der Waals surface area contributed by atoms with Crippen LogP contribution in [0, 0.1) is 5.92 Å². The molecule has 0 saturated carbocycles. The second-order valence-electron chi connectivity index (χ2n) is 5.83. The molecule has 1 heterocycles. The lowest BCUT2D eigenvalue weighted by molar-refractivity contribution is -0.140. The molecule has 0 aromatic heterocycles. The lowest BCUT2D eigenvalue weighted by atomic mass is 9.94. The zero-order valence-electron chi connectivity index (χ0n) is 11.8. The third-order valence-electron chi connectivity index (χ3n) is 2.90. The first-order valence-electron chi connectivity index (χ1n) is 6.58. The Morgan fingerprint density at radius 2 is 1.95 bits per heavy atom. The Bertz CT molecular complexity index is 321. The number of hydrogen-bond acceptors (Lipinski definition) is 4. The van der Waals surface area contributed by atoms with Gasteiger partial charge in [-0.2, -0.15) is 11.8 Å². The van der Waals surface area contributed by atoms with Gasteiger partial charge in [-0.1, -0.05) is 0 Å². The van der Waals surface area contributed by atoms with E-state index in [1.54, 1.807) is 20.8 Å². The lowest BCUT2D eigenvalue weighted by Crippen LogP contribution is -2.44. The monoisotopic (exact) mass is 289 g/mol. The summed E-state index contributed by atoms with van der Waals surface area (Å²) in [5.74, 6) is 1.52. The number of carbonyl (C=O) groups excluding carboxylic acids is 1. The number of carbonyl (C=O) groups is 2.